The van der Waals surface area contributed by atoms with Gasteiger partial charge in [0.1, 0.15) is 0 Å². The molecular formula is C25H28N2O3S. The van der Waals surface area contributed by atoms with Crippen molar-refractivity contribution in [1.82, 2.24) is 5.32 Å². The molecule has 0 aliphatic rings. The standard InChI is InChI=1S/C25H28N2O3S/c1-5-23(21-16-15-18(2)17-19(21)3)26-25(28)22-13-9-10-14-24(22)27(4)31(29,30)20-11-7-6-8-12-20/h6-17,23H,5H2,1-4H3,(H,26,28)/t23-/m0/s1. The Kier molecular flexibility index (Phi) is 6.81. The quantitative estimate of drug-likeness (QED) is 0.566. The lowest BCUT2D eigenvalue weighted by Crippen LogP contribution is -2.32. The van der Waals surface area contributed by atoms with Crippen LogP contribution in [-0.2, 0) is 10.0 Å². The average Bonchev–Trinajstić information content (AvgIpc) is 2.77. The smallest absolute Gasteiger partial charge is 0.264 e. The normalized spacial score (nSPS) is 12.3. The summed E-state index contributed by atoms with van der Waals surface area (Å²) in [6.07, 6.45) is 0.718. The van der Waals surface area contributed by atoms with Crippen LogP contribution in [0, 0.1) is 13.8 Å². The van der Waals surface area contributed by atoms with E-state index in [2.05, 4.69) is 11.4 Å². The number of aryl methyl sites for hydroxylation is 2. The summed E-state index contributed by atoms with van der Waals surface area (Å²) in [5, 5.41) is 3.09. The lowest BCUT2D eigenvalue weighted by Gasteiger charge is -2.24. The number of anilines is 1. The zero-order valence-electron chi connectivity index (χ0n) is 18.3. The number of carbonyl (C=O) groups excluding carboxylic acids is 1. The number of hydrogen-bond donors (Lipinski definition) is 1. The Morgan fingerprint density at radius 2 is 1.61 bits per heavy atom. The summed E-state index contributed by atoms with van der Waals surface area (Å²) in [5.41, 5.74) is 3.99. The molecule has 0 fully saturated rings. The topological polar surface area (TPSA) is 66.5 Å². The molecule has 5 nitrogen and oxygen atoms in total. The highest BCUT2D eigenvalue weighted by Crippen LogP contribution is 2.27. The van der Waals surface area contributed by atoms with Crippen LogP contribution in [0.3, 0.4) is 0 Å². The molecule has 0 saturated heterocycles. The van der Waals surface area contributed by atoms with E-state index in [0.717, 1.165) is 21.9 Å². The van der Waals surface area contributed by atoms with Gasteiger partial charge in [0.25, 0.3) is 15.9 Å². The fourth-order valence-electron chi connectivity index (χ4n) is 3.67. The summed E-state index contributed by atoms with van der Waals surface area (Å²) < 4.78 is 27.3. The first-order chi connectivity index (χ1) is 14.8. The van der Waals surface area contributed by atoms with Crippen LogP contribution in [0.25, 0.3) is 0 Å². The molecule has 0 aliphatic carbocycles. The van der Waals surface area contributed by atoms with Gasteiger partial charge in [0.2, 0.25) is 0 Å². The van der Waals surface area contributed by atoms with Crippen LogP contribution < -0.4 is 9.62 Å². The van der Waals surface area contributed by atoms with Crippen LogP contribution in [0.1, 0.15) is 46.4 Å². The average molecular weight is 437 g/mol. The minimum Gasteiger partial charge on any atom is -0.345 e. The van der Waals surface area contributed by atoms with E-state index in [1.807, 2.05) is 32.9 Å². The Morgan fingerprint density at radius 3 is 2.26 bits per heavy atom. The molecule has 0 aromatic heterocycles. The van der Waals surface area contributed by atoms with Gasteiger partial charge in [0, 0.05) is 7.05 Å². The van der Waals surface area contributed by atoms with E-state index in [1.165, 1.54) is 12.6 Å². The van der Waals surface area contributed by atoms with E-state index in [-0.39, 0.29) is 16.8 Å². The molecule has 162 valence electrons. The molecule has 3 aromatic rings. The van der Waals surface area contributed by atoms with Gasteiger partial charge in [0.05, 0.1) is 22.2 Å². The predicted molar refractivity (Wildman–Crippen MR) is 125 cm³/mol. The van der Waals surface area contributed by atoms with Gasteiger partial charge < -0.3 is 5.32 Å². The molecule has 0 unspecified atom stereocenters. The number of carbonyl (C=O) groups is 1. The highest BCUT2D eigenvalue weighted by molar-refractivity contribution is 7.92. The van der Waals surface area contributed by atoms with Crippen molar-refractivity contribution >= 4 is 21.6 Å². The summed E-state index contributed by atoms with van der Waals surface area (Å²) in [5.74, 6) is -0.308. The monoisotopic (exact) mass is 436 g/mol. The van der Waals surface area contributed by atoms with Crippen LogP contribution in [-0.4, -0.2) is 21.4 Å². The molecule has 6 heteroatoms. The number of benzene rings is 3. The molecule has 1 atom stereocenters. The second kappa shape index (κ2) is 9.35. The fraction of sp³-hybridized carbons (Fsp3) is 0.240. The summed E-state index contributed by atoms with van der Waals surface area (Å²) in [4.78, 5) is 13.4. The molecule has 0 radical (unpaired) electrons. The number of rotatable bonds is 7. The Labute approximate surface area is 184 Å². The van der Waals surface area contributed by atoms with Crippen LogP contribution in [0.15, 0.2) is 77.7 Å². The van der Waals surface area contributed by atoms with Gasteiger partial charge in [0.15, 0.2) is 0 Å². The highest BCUT2D eigenvalue weighted by Gasteiger charge is 2.26. The third-order valence-electron chi connectivity index (χ3n) is 5.40. The molecule has 0 heterocycles. The maximum absolute atomic E-state index is 13.2. The van der Waals surface area contributed by atoms with Crippen LogP contribution >= 0.6 is 0 Å². The third-order valence-corrected chi connectivity index (χ3v) is 7.19. The molecule has 0 aliphatic heterocycles. The number of amides is 1. The molecule has 3 aromatic carbocycles. The lowest BCUT2D eigenvalue weighted by molar-refractivity contribution is 0.0936. The van der Waals surface area contributed by atoms with Gasteiger partial charge in [-0.1, -0.05) is 61.0 Å². The van der Waals surface area contributed by atoms with E-state index >= 15 is 0 Å². The first-order valence-electron chi connectivity index (χ1n) is 10.3. The number of para-hydroxylation sites is 1. The predicted octanol–water partition coefficient (Wildman–Crippen LogP) is 5.01. The highest BCUT2D eigenvalue weighted by atomic mass is 32.2. The summed E-state index contributed by atoms with van der Waals surface area (Å²) in [7, 11) is -2.32. The van der Waals surface area contributed by atoms with Crippen molar-refractivity contribution in [3.8, 4) is 0 Å². The Morgan fingerprint density at radius 1 is 0.968 bits per heavy atom. The van der Waals surface area contributed by atoms with Crippen LogP contribution in [0.2, 0.25) is 0 Å². The minimum absolute atomic E-state index is 0.169. The molecular weight excluding hydrogens is 408 g/mol. The summed E-state index contributed by atoms with van der Waals surface area (Å²) in [6, 6.07) is 21.0. The van der Waals surface area contributed by atoms with E-state index in [4.69, 9.17) is 0 Å². The molecule has 31 heavy (non-hydrogen) atoms. The second-order valence-corrected chi connectivity index (χ2v) is 9.57. The van der Waals surface area contributed by atoms with E-state index in [1.54, 1.807) is 54.6 Å². The van der Waals surface area contributed by atoms with Crippen LogP contribution in [0.5, 0.6) is 0 Å². The van der Waals surface area contributed by atoms with Crippen molar-refractivity contribution in [2.45, 2.75) is 38.1 Å². The first kappa shape index (κ1) is 22.6. The van der Waals surface area contributed by atoms with Crippen LogP contribution in [0.4, 0.5) is 5.69 Å². The number of nitrogens with zero attached hydrogens (tertiary/aromatic N) is 1. The zero-order chi connectivity index (χ0) is 22.6. The fourth-order valence-corrected chi connectivity index (χ4v) is 4.91. The second-order valence-electron chi connectivity index (χ2n) is 7.60. The Hall–Kier alpha value is -3.12. The van der Waals surface area contributed by atoms with Crippen molar-refractivity contribution in [3.63, 3.8) is 0 Å². The van der Waals surface area contributed by atoms with Gasteiger partial charge >= 0.3 is 0 Å². The molecule has 0 bridgehead atoms. The zero-order valence-corrected chi connectivity index (χ0v) is 19.1. The largest absolute Gasteiger partial charge is 0.345 e. The summed E-state index contributed by atoms with van der Waals surface area (Å²) >= 11 is 0. The Balaban J connectivity index is 1.93. The van der Waals surface area contributed by atoms with Crippen molar-refractivity contribution in [1.29, 1.82) is 0 Å². The van der Waals surface area contributed by atoms with E-state index in [0.29, 0.717) is 11.3 Å². The number of hydrogen-bond acceptors (Lipinski definition) is 3. The van der Waals surface area contributed by atoms with Crippen molar-refractivity contribution in [2.24, 2.45) is 0 Å². The minimum atomic E-state index is -3.79. The lowest BCUT2D eigenvalue weighted by atomic mass is 9.97. The SMILES string of the molecule is CC[C@H](NC(=O)c1ccccc1N(C)S(=O)(=O)c1ccccc1)c1ccc(C)cc1C. The number of nitrogens with one attached hydrogen (secondary N) is 1. The third kappa shape index (κ3) is 4.80. The summed E-state index contributed by atoms with van der Waals surface area (Å²) in [6.45, 7) is 6.09. The Bertz CT molecular complexity index is 1170. The molecule has 0 spiro atoms. The van der Waals surface area contributed by atoms with E-state index < -0.39 is 10.0 Å². The molecule has 0 saturated carbocycles. The van der Waals surface area contributed by atoms with Gasteiger partial charge in [-0.05, 0) is 55.7 Å². The van der Waals surface area contributed by atoms with Crippen molar-refractivity contribution < 1.29 is 13.2 Å². The number of sulfonamides is 1. The maximum Gasteiger partial charge on any atom is 0.264 e. The molecule has 3 rings (SSSR count). The molecule has 1 amide bonds. The van der Waals surface area contributed by atoms with Crippen molar-refractivity contribution in [2.75, 3.05) is 11.4 Å². The van der Waals surface area contributed by atoms with Crippen molar-refractivity contribution in [3.05, 3.63) is 95.1 Å². The van der Waals surface area contributed by atoms with Gasteiger partial charge in [-0.3, -0.25) is 9.10 Å². The van der Waals surface area contributed by atoms with Gasteiger partial charge in [-0.2, -0.15) is 0 Å². The maximum atomic E-state index is 13.2. The molecule has 1 N–H and O–H groups in total. The van der Waals surface area contributed by atoms with Gasteiger partial charge in [-0.15, -0.1) is 0 Å². The van der Waals surface area contributed by atoms with Gasteiger partial charge in [-0.25, -0.2) is 8.42 Å². The first-order valence-corrected chi connectivity index (χ1v) is 11.7. The van der Waals surface area contributed by atoms with E-state index in [9.17, 15) is 13.2 Å².